The van der Waals surface area contributed by atoms with E-state index in [1.165, 1.54) is 6.07 Å². The first kappa shape index (κ1) is 20.9. The van der Waals surface area contributed by atoms with Crippen LogP contribution in [0.1, 0.15) is 10.4 Å². The molecule has 29 heavy (non-hydrogen) atoms. The van der Waals surface area contributed by atoms with E-state index in [2.05, 4.69) is 17.2 Å². The zero-order valence-electron chi connectivity index (χ0n) is 15.4. The molecular weight excluding hydrogens is 428 g/mol. The van der Waals surface area contributed by atoms with Gasteiger partial charge in [0.25, 0.3) is 0 Å². The lowest BCUT2D eigenvalue weighted by atomic mass is 10.2. The van der Waals surface area contributed by atoms with Gasteiger partial charge in [0.1, 0.15) is 6.54 Å². The van der Waals surface area contributed by atoms with Crippen LogP contribution in [-0.2, 0) is 14.8 Å². The molecule has 8 heteroatoms. The molecule has 1 aromatic heterocycles. The Bertz CT molecular complexity index is 1180. The van der Waals surface area contributed by atoms with E-state index in [0.717, 1.165) is 21.0 Å². The Balaban J connectivity index is 1.74. The fourth-order valence-corrected chi connectivity index (χ4v) is 4.12. The second kappa shape index (κ2) is 9.14. The third kappa shape index (κ3) is 6.09. The van der Waals surface area contributed by atoms with Crippen molar-refractivity contribution >= 4 is 50.2 Å². The maximum absolute atomic E-state index is 12.5. The molecule has 0 aliphatic heterocycles. The van der Waals surface area contributed by atoms with Crippen molar-refractivity contribution in [1.29, 1.82) is 0 Å². The molecule has 148 valence electrons. The standard InChI is InChI=1S/C21H17ClN2O3S2/c1-29(26,27)24(19-8-3-6-17(22)14-19)15-21(25)23-18-7-2-5-16(13-18)10-11-20-9-4-12-28-20/h2-9,12-14H,15H2,1H3,(H,23,25). The van der Waals surface area contributed by atoms with Crippen LogP contribution in [0.15, 0.2) is 66.0 Å². The molecule has 3 rings (SSSR count). The maximum Gasteiger partial charge on any atom is 0.245 e. The summed E-state index contributed by atoms with van der Waals surface area (Å²) < 4.78 is 25.3. The van der Waals surface area contributed by atoms with Crippen molar-refractivity contribution in [3.05, 3.63) is 81.5 Å². The number of benzene rings is 2. The molecule has 0 fully saturated rings. The van der Waals surface area contributed by atoms with Crippen LogP contribution in [0.25, 0.3) is 0 Å². The van der Waals surface area contributed by atoms with E-state index in [9.17, 15) is 13.2 Å². The third-order valence-corrected chi connectivity index (χ3v) is 5.94. The van der Waals surface area contributed by atoms with Crippen LogP contribution in [0.4, 0.5) is 11.4 Å². The van der Waals surface area contributed by atoms with Crippen LogP contribution in [0.2, 0.25) is 5.02 Å². The number of carbonyl (C=O) groups excluding carboxylic acids is 1. The number of sulfonamides is 1. The van der Waals surface area contributed by atoms with Crippen LogP contribution in [0.3, 0.4) is 0 Å². The van der Waals surface area contributed by atoms with E-state index < -0.39 is 15.9 Å². The lowest BCUT2D eigenvalue weighted by Crippen LogP contribution is -2.37. The zero-order valence-corrected chi connectivity index (χ0v) is 17.8. The topological polar surface area (TPSA) is 66.5 Å². The van der Waals surface area contributed by atoms with Crippen molar-refractivity contribution in [1.82, 2.24) is 0 Å². The van der Waals surface area contributed by atoms with Gasteiger partial charge < -0.3 is 5.32 Å². The molecule has 0 aliphatic carbocycles. The SMILES string of the molecule is CS(=O)(=O)N(CC(=O)Nc1cccc(C#Cc2cccs2)c1)c1cccc(Cl)c1. The number of thiophene rings is 1. The summed E-state index contributed by atoms with van der Waals surface area (Å²) in [6, 6.07) is 17.3. The number of rotatable bonds is 5. The molecular formula is C21H17ClN2O3S2. The molecule has 1 N–H and O–H groups in total. The van der Waals surface area contributed by atoms with Crippen LogP contribution >= 0.6 is 22.9 Å². The molecule has 2 aromatic carbocycles. The fourth-order valence-electron chi connectivity index (χ4n) is 2.52. The molecule has 3 aromatic rings. The van der Waals surface area contributed by atoms with Crippen molar-refractivity contribution in [3.63, 3.8) is 0 Å². The van der Waals surface area contributed by atoms with E-state index >= 15 is 0 Å². The molecule has 0 spiro atoms. The Morgan fingerprint density at radius 2 is 1.90 bits per heavy atom. The highest BCUT2D eigenvalue weighted by Crippen LogP contribution is 2.22. The minimum absolute atomic E-state index is 0.325. The number of nitrogens with one attached hydrogen (secondary N) is 1. The highest BCUT2D eigenvalue weighted by atomic mass is 35.5. The molecule has 0 saturated heterocycles. The second-order valence-electron chi connectivity index (χ2n) is 6.11. The first-order valence-corrected chi connectivity index (χ1v) is 11.6. The number of amides is 1. The number of hydrogen-bond acceptors (Lipinski definition) is 4. The Hall–Kier alpha value is -2.79. The zero-order chi connectivity index (χ0) is 20.9. The summed E-state index contributed by atoms with van der Waals surface area (Å²) in [6.07, 6.45) is 1.04. The molecule has 0 radical (unpaired) electrons. The Kier molecular flexibility index (Phi) is 6.60. The van der Waals surface area contributed by atoms with Gasteiger partial charge in [-0.2, -0.15) is 0 Å². The summed E-state index contributed by atoms with van der Waals surface area (Å²) in [5.74, 6) is 5.63. The van der Waals surface area contributed by atoms with Crippen LogP contribution in [0, 0.1) is 11.8 Å². The van der Waals surface area contributed by atoms with E-state index in [0.29, 0.717) is 16.4 Å². The summed E-state index contributed by atoms with van der Waals surface area (Å²) >= 11 is 7.51. The van der Waals surface area contributed by atoms with Gasteiger partial charge in [-0.3, -0.25) is 9.10 Å². The smallest absolute Gasteiger partial charge is 0.245 e. The van der Waals surface area contributed by atoms with Crippen LogP contribution < -0.4 is 9.62 Å². The molecule has 0 saturated carbocycles. The van der Waals surface area contributed by atoms with E-state index in [-0.39, 0.29) is 6.54 Å². The third-order valence-electron chi connectivity index (χ3n) is 3.78. The molecule has 1 amide bonds. The Morgan fingerprint density at radius 1 is 1.10 bits per heavy atom. The van der Waals surface area contributed by atoms with Gasteiger partial charge >= 0.3 is 0 Å². The van der Waals surface area contributed by atoms with Gasteiger partial charge in [-0.25, -0.2) is 8.42 Å². The van der Waals surface area contributed by atoms with Gasteiger partial charge in [0.15, 0.2) is 0 Å². The average Bonchev–Trinajstić information content (AvgIpc) is 3.17. The lowest BCUT2D eigenvalue weighted by Gasteiger charge is -2.22. The minimum Gasteiger partial charge on any atom is -0.324 e. The summed E-state index contributed by atoms with van der Waals surface area (Å²) in [6.45, 7) is -0.371. The van der Waals surface area contributed by atoms with Gasteiger partial charge in [0, 0.05) is 16.3 Å². The lowest BCUT2D eigenvalue weighted by molar-refractivity contribution is -0.114. The summed E-state index contributed by atoms with van der Waals surface area (Å²) in [5.41, 5.74) is 1.60. The Labute approximate surface area is 179 Å². The molecule has 0 bridgehead atoms. The normalized spacial score (nSPS) is 10.7. The summed E-state index contributed by atoms with van der Waals surface area (Å²) in [5, 5.41) is 5.05. The molecule has 0 unspecified atom stereocenters. The van der Waals surface area contributed by atoms with Gasteiger partial charge in [0.05, 0.1) is 16.8 Å². The first-order valence-electron chi connectivity index (χ1n) is 8.50. The van der Waals surface area contributed by atoms with Crippen molar-refractivity contribution < 1.29 is 13.2 Å². The van der Waals surface area contributed by atoms with Crippen molar-refractivity contribution in [2.75, 3.05) is 22.4 Å². The molecule has 0 atom stereocenters. The average molecular weight is 445 g/mol. The Morgan fingerprint density at radius 3 is 2.59 bits per heavy atom. The predicted octanol–water partition coefficient (Wildman–Crippen LogP) is 4.21. The van der Waals surface area contributed by atoms with Crippen molar-refractivity contribution in [3.8, 4) is 11.8 Å². The van der Waals surface area contributed by atoms with Crippen molar-refractivity contribution in [2.24, 2.45) is 0 Å². The summed E-state index contributed by atoms with van der Waals surface area (Å²) in [4.78, 5) is 13.4. The van der Waals surface area contributed by atoms with E-state index in [4.69, 9.17) is 11.6 Å². The highest BCUT2D eigenvalue weighted by molar-refractivity contribution is 7.92. The first-order chi connectivity index (χ1) is 13.8. The highest BCUT2D eigenvalue weighted by Gasteiger charge is 2.21. The van der Waals surface area contributed by atoms with Gasteiger partial charge in [0.2, 0.25) is 15.9 Å². The monoisotopic (exact) mass is 444 g/mol. The van der Waals surface area contributed by atoms with Gasteiger partial charge in [-0.05, 0) is 47.8 Å². The molecule has 0 aliphatic rings. The minimum atomic E-state index is -3.67. The number of anilines is 2. The molecule has 1 heterocycles. The number of carbonyl (C=O) groups is 1. The van der Waals surface area contributed by atoms with Crippen molar-refractivity contribution in [2.45, 2.75) is 0 Å². The maximum atomic E-state index is 12.5. The van der Waals surface area contributed by atoms with Crippen LogP contribution in [0.5, 0.6) is 0 Å². The summed E-state index contributed by atoms with van der Waals surface area (Å²) in [7, 11) is -3.67. The number of nitrogens with zero attached hydrogens (tertiary/aromatic N) is 1. The number of hydrogen-bond donors (Lipinski definition) is 1. The van der Waals surface area contributed by atoms with Crippen LogP contribution in [-0.4, -0.2) is 27.1 Å². The van der Waals surface area contributed by atoms with Gasteiger partial charge in [-0.1, -0.05) is 41.6 Å². The molecule has 5 nitrogen and oxygen atoms in total. The fraction of sp³-hybridized carbons (Fsp3) is 0.0952. The van der Waals surface area contributed by atoms with Gasteiger partial charge in [-0.15, -0.1) is 11.3 Å². The predicted molar refractivity (Wildman–Crippen MR) is 119 cm³/mol. The quantitative estimate of drug-likeness (QED) is 0.599. The largest absolute Gasteiger partial charge is 0.324 e. The van der Waals surface area contributed by atoms with E-state index in [1.807, 2.05) is 23.6 Å². The van der Waals surface area contributed by atoms with E-state index in [1.54, 1.807) is 47.7 Å². The second-order valence-corrected chi connectivity index (χ2v) is 9.40. The number of halogens is 1.